The first-order valence-corrected chi connectivity index (χ1v) is 5.75. The Morgan fingerprint density at radius 1 is 1.29 bits per heavy atom. The molecule has 0 saturated heterocycles. The number of carbonyl (C=O) groups excluding carboxylic acids is 1. The van der Waals surface area contributed by atoms with Crippen LogP contribution in [0.25, 0.3) is 0 Å². The number of hydrogen-bond donors (Lipinski definition) is 0. The minimum atomic E-state index is 0. The van der Waals surface area contributed by atoms with Crippen molar-refractivity contribution in [3.63, 3.8) is 0 Å². The molecule has 0 N–H and O–H groups in total. The van der Waals surface area contributed by atoms with E-state index in [9.17, 15) is 4.79 Å². The van der Waals surface area contributed by atoms with Crippen molar-refractivity contribution in [1.29, 1.82) is 0 Å². The van der Waals surface area contributed by atoms with Crippen LogP contribution in [0, 0.1) is 25.7 Å². The fraction of sp³-hybridized carbons (Fsp3) is 0.400. The summed E-state index contributed by atoms with van der Waals surface area (Å²) in [6.45, 7) is 13.9. The van der Waals surface area contributed by atoms with Gasteiger partial charge in [-0.05, 0) is 11.5 Å². The zero-order valence-electron chi connectivity index (χ0n) is 11.0. The van der Waals surface area contributed by atoms with Gasteiger partial charge in [-0.25, -0.2) is 6.42 Å². The van der Waals surface area contributed by atoms with Crippen molar-refractivity contribution in [2.75, 3.05) is 0 Å². The summed E-state index contributed by atoms with van der Waals surface area (Å²) in [4.78, 5) is 12.1. The van der Waals surface area contributed by atoms with Gasteiger partial charge in [0.1, 0.15) is 0 Å². The second-order valence-electron chi connectivity index (χ2n) is 4.63. The summed E-state index contributed by atoms with van der Waals surface area (Å²) >= 11 is 0. The average molecular weight is 305 g/mol. The second kappa shape index (κ2) is 7.33. The zero-order chi connectivity index (χ0) is 12.3. The van der Waals surface area contributed by atoms with Gasteiger partial charge in [0.25, 0.3) is 0 Å². The van der Waals surface area contributed by atoms with Gasteiger partial charge in [0.05, 0.1) is 0 Å². The fourth-order valence-corrected chi connectivity index (χ4v) is 1.58. The monoisotopic (exact) mass is 305 g/mol. The quantitative estimate of drug-likeness (QED) is 0.612. The Labute approximate surface area is 130 Å². The minimum absolute atomic E-state index is 0. The van der Waals surface area contributed by atoms with E-state index < -0.39 is 0 Å². The van der Waals surface area contributed by atoms with E-state index in [1.807, 2.05) is 25.1 Å². The van der Waals surface area contributed by atoms with Gasteiger partial charge in [-0.15, -0.1) is 12.1 Å². The minimum Gasteiger partial charge on any atom is -0.350 e. The molecule has 1 aromatic carbocycles. The number of hydrogen-bond acceptors (Lipinski definition) is 1. The third-order valence-electron chi connectivity index (χ3n) is 3.17. The molecule has 1 aromatic rings. The molecule has 0 spiro atoms. The topological polar surface area (TPSA) is 17.1 Å². The molecule has 0 aliphatic heterocycles. The summed E-state index contributed by atoms with van der Waals surface area (Å²) in [5.74, 6) is 0.646. The number of rotatable bonds is 4. The van der Waals surface area contributed by atoms with Crippen LogP contribution in [0.1, 0.15) is 42.3 Å². The Morgan fingerprint density at radius 2 is 1.88 bits per heavy atom. The first kappa shape index (κ1) is 16.9. The van der Waals surface area contributed by atoms with Crippen LogP contribution in [0.2, 0.25) is 0 Å². The van der Waals surface area contributed by atoms with E-state index in [1.165, 1.54) is 0 Å². The van der Waals surface area contributed by atoms with E-state index >= 15 is 0 Å². The molecule has 0 aliphatic carbocycles. The van der Waals surface area contributed by atoms with Gasteiger partial charge >= 0.3 is 0 Å². The van der Waals surface area contributed by atoms with Gasteiger partial charge in [0.15, 0.2) is 5.78 Å². The molecular formula is C15H20OY-2. The van der Waals surface area contributed by atoms with Crippen molar-refractivity contribution in [2.24, 2.45) is 11.8 Å². The van der Waals surface area contributed by atoms with Crippen molar-refractivity contribution in [2.45, 2.75) is 27.2 Å². The molecule has 0 aliphatic rings. The molecule has 0 heterocycles. The van der Waals surface area contributed by atoms with Crippen LogP contribution in [0.4, 0.5) is 0 Å². The van der Waals surface area contributed by atoms with Crippen molar-refractivity contribution < 1.29 is 37.5 Å². The Balaban J connectivity index is 0.00000256. The number of ketones is 1. The van der Waals surface area contributed by atoms with Crippen molar-refractivity contribution >= 4 is 5.78 Å². The maximum absolute atomic E-state index is 12.1. The smallest absolute Gasteiger partial charge is 0.163 e. The van der Waals surface area contributed by atoms with Gasteiger partial charge in [0, 0.05) is 38.6 Å². The third-order valence-corrected chi connectivity index (χ3v) is 3.17. The van der Waals surface area contributed by atoms with E-state index in [4.69, 9.17) is 0 Å². The van der Waals surface area contributed by atoms with Crippen molar-refractivity contribution in [3.8, 4) is 0 Å². The predicted molar refractivity (Wildman–Crippen MR) is 68.3 cm³/mol. The molecule has 17 heavy (non-hydrogen) atoms. The molecule has 0 bridgehead atoms. The van der Waals surface area contributed by atoms with Crippen molar-refractivity contribution in [1.82, 2.24) is 0 Å². The molecule has 91 valence electrons. The molecule has 0 amide bonds. The Hall–Kier alpha value is -0.136. The van der Waals surface area contributed by atoms with E-state index in [0.29, 0.717) is 12.3 Å². The van der Waals surface area contributed by atoms with Gasteiger partial charge in [-0.1, -0.05) is 20.8 Å². The average Bonchev–Trinajstić information content (AvgIpc) is 2.27. The van der Waals surface area contributed by atoms with Crippen LogP contribution < -0.4 is 0 Å². The molecule has 0 aromatic heterocycles. The first-order chi connectivity index (χ1) is 7.47. The summed E-state index contributed by atoms with van der Waals surface area (Å²) in [7, 11) is 0. The van der Waals surface area contributed by atoms with Gasteiger partial charge in [-0.3, -0.25) is 4.79 Å². The molecule has 1 unspecified atom stereocenters. The molecule has 0 fully saturated rings. The largest absolute Gasteiger partial charge is 0.350 e. The van der Waals surface area contributed by atoms with E-state index in [2.05, 4.69) is 27.7 Å². The van der Waals surface area contributed by atoms with E-state index in [-0.39, 0.29) is 44.4 Å². The summed E-state index contributed by atoms with van der Waals surface area (Å²) in [5.41, 5.74) is 2.80. The van der Waals surface area contributed by atoms with Crippen LogP contribution in [-0.4, -0.2) is 5.78 Å². The zero-order valence-corrected chi connectivity index (χ0v) is 13.8. The summed E-state index contributed by atoms with van der Waals surface area (Å²) in [5, 5.41) is 0. The third kappa shape index (κ3) is 4.23. The number of Topliss-reactive ketones (excluding diaryl/α,β-unsaturated/α-hetero) is 1. The predicted octanol–water partition coefficient (Wildman–Crippen LogP) is 3.72. The summed E-state index contributed by atoms with van der Waals surface area (Å²) < 4.78 is 0. The Kier molecular flexibility index (Phi) is 7.27. The van der Waals surface area contributed by atoms with Crippen LogP contribution in [0.5, 0.6) is 0 Å². The van der Waals surface area contributed by atoms with Gasteiger partial charge < -0.3 is 6.92 Å². The maximum atomic E-state index is 12.1. The first-order valence-electron chi connectivity index (χ1n) is 5.75. The molecule has 2 heteroatoms. The molecule has 0 saturated carbocycles. The standard InChI is InChI=1S/C15H20O.Y/c1-6-13-9-14(8-7-11(13)4)15(16)12(5)10(2)3;/h7-10,12H,1,4,6H2,2-3,5H3;/q-2;. The second-order valence-corrected chi connectivity index (χ2v) is 4.63. The van der Waals surface area contributed by atoms with E-state index in [1.54, 1.807) is 0 Å². The SMILES string of the molecule is [CH2-]Cc1cc(C(=O)C(C)C(C)C)ccc1[CH2-].[Y]. The van der Waals surface area contributed by atoms with Crippen molar-refractivity contribution in [3.05, 3.63) is 48.7 Å². The maximum Gasteiger partial charge on any atom is 0.163 e. The fourth-order valence-electron chi connectivity index (χ4n) is 1.58. The number of carbonyl (C=O) groups is 1. The van der Waals surface area contributed by atoms with Gasteiger partial charge in [0.2, 0.25) is 0 Å². The molecule has 1 atom stereocenters. The molecule has 1 radical (unpaired) electrons. The summed E-state index contributed by atoms with van der Waals surface area (Å²) in [6.07, 6.45) is 0.677. The van der Waals surface area contributed by atoms with Crippen LogP contribution in [-0.2, 0) is 39.1 Å². The summed E-state index contributed by atoms with van der Waals surface area (Å²) in [6, 6.07) is 5.69. The normalized spacial score (nSPS) is 12.1. The Morgan fingerprint density at radius 3 is 2.35 bits per heavy atom. The molecule has 1 nitrogen and oxygen atoms in total. The number of benzene rings is 1. The molecular weight excluding hydrogens is 285 g/mol. The molecule has 1 rings (SSSR count). The van der Waals surface area contributed by atoms with Crippen LogP contribution in [0.15, 0.2) is 18.2 Å². The Bertz CT molecular complexity index is 383. The van der Waals surface area contributed by atoms with Gasteiger partial charge in [-0.2, -0.15) is 24.1 Å². The van der Waals surface area contributed by atoms with Crippen LogP contribution in [0.3, 0.4) is 0 Å². The van der Waals surface area contributed by atoms with Crippen LogP contribution >= 0.6 is 0 Å². The van der Waals surface area contributed by atoms with E-state index in [0.717, 1.165) is 16.7 Å².